The van der Waals surface area contributed by atoms with Crippen molar-refractivity contribution in [3.8, 4) is 6.07 Å². The number of piperazine rings is 1. The standard InChI is InChI=1S/C13H17N3OS/c1-10-8-18-9-12(10)13(17)16-5-3-15(4-6-16)11(2)7-14/h8-9,11H,3-6H2,1-2H3. The van der Waals surface area contributed by atoms with Gasteiger partial charge < -0.3 is 4.90 Å². The molecule has 0 aliphatic carbocycles. The minimum Gasteiger partial charge on any atom is -0.336 e. The summed E-state index contributed by atoms with van der Waals surface area (Å²) in [7, 11) is 0. The normalized spacial score (nSPS) is 18.4. The first-order chi connectivity index (χ1) is 8.63. The van der Waals surface area contributed by atoms with Gasteiger partial charge in [-0.15, -0.1) is 0 Å². The fraction of sp³-hybridized carbons (Fsp3) is 0.538. The highest BCUT2D eigenvalue weighted by atomic mass is 32.1. The van der Waals surface area contributed by atoms with E-state index in [2.05, 4.69) is 11.0 Å². The van der Waals surface area contributed by atoms with E-state index in [-0.39, 0.29) is 11.9 Å². The molecule has 1 amide bonds. The molecule has 0 saturated carbocycles. The van der Waals surface area contributed by atoms with Gasteiger partial charge in [0.15, 0.2) is 0 Å². The lowest BCUT2D eigenvalue weighted by Gasteiger charge is -2.35. The van der Waals surface area contributed by atoms with Crippen LogP contribution >= 0.6 is 11.3 Å². The minimum absolute atomic E-state index is 0.0647. The number of rotatable bonds is 2. The molecule has 1 aromatic rings. The third kappa shape index (κ3) is 2.55. The maximum Gasteiger partial charge on any atom is 0.255 e. The Morgan fingerprint density at radius 1 is 1.39 bits per heavy atom. The van der Waals surface area contributed by atoms with E-state index in [0.29, 0.717) is 13.1 Å². The molecule has 2 heterocycles. The van der Waals surface area contributed by atoms with Crippen LogP contribution < -0.4 is 0 Å². The summed E-state index contributed by atoms with van der Waals surface area (Å²) in [6.45, 7) is 6.85. The van der Waals surface area contributed by atoms with Gasteiger partial charge in [-0.2, -0.15) is 16.6 Å². The topological polar surface area (TPSA) is 47.3 Å². The minimum atomic E-state index is -0.0647. The summed E-state index contributed by atoms with van der Waals surface area (Å²) in [5, 5.41) is 12.8. The molecule has 1 unspecified atom stereocenters. The van der Waals surface area contributed by atoms with Crippen molar-refractivity contribution in [2.75, 3.05) is 26.2 Å². The molecule has 0 bridgehead atoms. The van der Waals surface area contributed by atoms with Gasteiger partial charge in [-0.3, -0.25) is 9.69 Å². The van der Waals surface area contributed by atoms with Crippen LogP contribution in [-0.2, 0) is 0 Å². The van der Waals surface area contributed by atoms with E-state index < -0.39 is 0 Å². The van der Waals surface area contributed by atoms with Gasteiger partial charge in [0.05, 0.1) is 17.7 Å². The molecule has 1 aromatic heterocycles. The summed E-state index contributed by atoms with van der Waals surface area (Å²) >= 11 is 1.57. The fourth-order valence-corrected chi connectivity index (χ4v) is 2.97. The molecular weight excluding hydrogens is 246 g/mol. The van der Waals surface area contributed by atoms with Crippen LogP contribution in [0.1, 0.15) is 22.8 Å². The first kappa shape index (κ1) is 13.1. The Morgan fingerprint density at radius 3 is 2.56 bits per heavy atom. The van der Waals surface area contributed by atoms with E-state index in [1.807, 2.05) is 29.5 Å². The molecule has 5 heteroatoms. The molecule has 1 aliphatic heterocycles. The van der Waals surface area contributed by atoms with Gasteiger partial charge in [0.1, 0.15) is 0 Å². The number of carbonyl (C=O) groups is 1. The maximum absolute atomic E-state index is 12.3. The van der Waals surface area contributed by atoms with Crippen molar-refractivity contribution >= 4 is 17.2 Å². The summed E-state index contributed by atoms with van der Waals surface area (Å²) in [5.74, 6) is 0.123. The average molecular weight is 263 g/mol. The third-order valence-corrected chi connectivity index (χ3v) is 4.28. The van der Waals surface area contributed by atoms with Gasteiger partial charge in [0.2, 0.25) is 0 Å². The highest BCUT2D eigenvalue weighted by Gasteiger charge is 2.25. The zero-order chi connectivity index (χ0) is 13.1. The lowest BCUT2D eigenvalue weighted by atomic mass is 10.1. The Bertz CT molecular complexity index is 469. The molecule has 1 atom stereocenters. The van der Waals surface area contributed by atoms with Gasteiger partial charge in [-0.05, 0) is 24.8 Å². The number of aryl methyl sites for hydroxylation is 1. The second kappa shape index (κ2) is 5.51. The number of nitrogens with zero attached hydrogens (tertiary/aromatic N) is 3. The van der Waals surface area contributed by atoms with Crippen LogP contribution in [0.3, 0.4) is 0 Å². The summed E-state index contributed by atoms with van der Waals surface area (Å²) < 4.78 is 0. The number of carbonyl (C=O) groups excluding carboxylic acids is 1. The molecule has 1 saturated heterocycles. The van der Waals surface area contributed by atoms with Crippen molar-refractivity contribution in [2.45, 2.75) is 19.9 Å². The molecule has 1 fully saturated rings. The van der Waals surface area contributed by atoms with Crippen molar-refractivity contribution in [2.24, 2.45) is 0 Å². The fourth-order valence-electron chi connectivity index (χ4n) is 2.14. The zero-order valence-electron chi connectivity index (χ0n) is 10.7. The molecular formula is C13H17N3OS. The Balaban J connectivity index is 1.97. The van der Waals surface area contributed by atoms with Crippen molar-refractivity contribution in [3.63, 3.8) is 0 Å². The average Bonchev–Trinajstić information content (AvgIpc) is 2.83. The van der Waals surface area contributed by atoms with Crippen LogP contribution in [0.15, 0.2) is 10.8 Å². The lowest BCUT2D eigenvalue weighted by Crippen LogP contribution is -2.51. The predicted octanol–water partition coefficient (Wildman–Crippen LogP) is 1.73. The number of amides is 1. The summed E-state index contributed by atoms with van der Waals surface area (Å²) in [6, 6.07) is 2.17. The van der Waals surface area contributed by atoms with Crippen LogP contribution in [0.4, 0.5) is 0 Å². The first-order valence-electron chi connectivity index (χ1n) is 6.09. The smallest absolute Gasteiger partial charge is 0.255 e. The Morgan fingerprint density at radius 2 is 2.06 bits per heavy atom. The van der Waals surface area contributed by atoms with E-state index in [1.165, 1.54) is 0 Å². The van der Waals surface area contributed by atoms with E-state index in [0.717, 1.165) is 24.2 Å². The molecule has 18 heavy (non-hydrogen) atoms. The molecule has 0 aromatic carbocycles. The molecule has 0 spiro atoms. The monoisotopic (exact) mass is 263 g/mol. The SMILES string of the molecule is Cc1cscc1C(=O)N1CCN(C(C)C#N)CC1. The summed E-state index contributed by atoms with van der Waals surface area (Å²) in [6.07, 6.45) is 0. The molecule has 1 aliphatic rings. The van der Waals surface area contributed by atoms with Crippen molar-refractivity contribution in [1.82, 2.24) is 9.80 Å². The van der Waals surface area contributed by atoms with Gasteiger partial charge in [-0.25, -0.2) is 0 Å². The molecule has 2 rings (SSSR count). The van der Waals surface area contributed by atoms with Gasteiger partial charge in [-0.1, -0.05) is 0 Å². The van der Waals surface area contributed by atoms with Crippen LogP contribution in [-0.4, -0.2) is 47.9 Å². The summed E-state index contributed by atoms with van der Waals surface area (Å²) in [4.78, 5) is 16.3. The van der Waals surface area contributed by atoms with Gasteiger partial charge in [0, 0.05) is 31.6 Å². The van der Waals surface area contributed by atoms with E-state index >= 15 is 0 Å². The van der Waals surface area contributed by atoms with Crippen molar-refractivity contribution in [3.05, 3.63) is 21.9 Å². The van der Waals surface area contributed by atoms with Crippen molar-refractivity contribution < 1.29 is 4.79 Å². The highest BCUT2D eigenvalue weighted by molar-refractivity contribution is 7.08. The molecule has 96 valence electrons. The lowest BCUT2D eigenvalue weighted by molar-refractivity contribution is 0.0615. The third-order valence-electron chi connectivity index (χ3n) is 3.42. The van der Waals surface area contributed by atoms with Gasteiger partial charge in [0.25, 0.3) is 5.91 Å². The number of hydrogen-bond acceptors (Lipinski definition) is 4. The van der Waals surface area contributed by atoms with E-state index in [4.69, 9.17) is 5.26 Å². The Kier molecular flexibility index (Phi) is 4.00. The van der Waals surface area contributed by atoms with Crippen LogP contribution in [0.5, 0.6) is 0 Å². The predicted molar refractivity (Wildman–Crippen MR) is 71.6 cm³/mol. The Hall–Kier alpha value is -1.38. The zero-order valence-corrected chi connectivity index (χ0v) is 11.5. The van der Waals surface area contributed by atoms with Gasteiger partial charge >= 0.3 is 0 Å². The molecule has 0 radical (unpaired) electrons. The van der Waals surface area contributed by atoms with Crippen LogP contribution in [0.2, 0.25) is 0 Å². The van der Waals surface area contributed by atoms with E-state index in [1.54, 1.807) is 11.3 Å². The Labute approximate surface area is 111 Å². The molecule has 0 N–H and O–H groups in total. The summed E-state index contributed by atoms with van der Waals surface area (Å²) in [5.41, 5.74) is 1.87. The van der Waals surface area contributed by atoms with E-state index in [9.17, 15) is 4.79 Å². The number of nitriles is 1. The number of hydrogen-bond donors (Lipinski definition) is 0. The number of thiophene rings is 1. The largest absolute Gasteiger partial charge is 0.336 e. The quantitative estimate of drug-likeness (QED) is 0.816. The molecule has 4 nitrogen and oxygen atoms in total. The highest BCUT2D eigenvalue weighted by Crippen LogP contribution is 2.17. The second-order valence-electron chi connectivity index (χ2n) is 4.60. The van der Waals surface area contributed by atoms with Crippen molar-refractivity contribution in [1.29, 1.82) is 5.26 Å². The second-order valence-corrected chi connectivity index (χ2v) is 5.35. The van der Waals surface area contributed by atoms with Crippen LogP contribution in [0.25, 0.3) is 0 Å². The maximum atomic E-state index is 12.3. The first-order valence-corrected chi connectivity index (χ1v) is 7.03. The van der Waals surface area contributed by atoms with Crippen LogP contribution in [0, 0.1) is 18.3 Å².